The second kappa shape index (κ2) is 3.25. The molecule has 0 saturated carbocycles. The highest BCUT2D eigenvalue weighted by atomic mass is 19.3. The molecule has 0 aromatic heterocycles. The molecule has 0 aromatic rings. The van der Waals surface area contributed by atoms with Crippen molar-refractivity contribution in [1.82, 2.24) is 4.90 Å². The zero-order valence-electron chi connectivity index (χ0n) is 6.72. The number of likely N-dealkylation sites (tertiary alicyclic amines) is 1. The summed E-state index contributed by atoms with van der Waals surface area (Å²) in [5, 5.41) is 0. The van der Waals surface area contributed by atoms with Crippen LogP contribution in [0, 0.1) is 0 Å². The Hall–Kier alpha value is -0.870. The van der Waals surface area contributed by atoms with Gasteiger partial charge >= 0.3 is 6.03 Å². The smallest absolute Gasteiger partial charge is 0.314 e. The second-order valence-corrected chi connectivity index (χ2v) is 3.03. The molecular formula is C7H12F2N2O. The predicted octanol–water partition coefficient (Wildman–Crippen LogP) is 1.19. The van der Waals surface area contributed by atoms with Gasteiger partial charge in [0.1, 0.15) is 0 Å². The van der Waals surface area contributed by atoms with Gasteiger partial charge in [-0.1, -0.05) is 0 Å². The van der Waals surface area contributed by atoms with E-state index in [0.717, 1.165) is 0 Å². The molecule has 2 N–H and O–H groups in total. The molecule has 1 heterocycles. The van der Waals surface area contributed by atoms with Crippen molar-refractivity contribution in [3.63, 3.8) is 0 Å². The van der Waals surface area contributed by atoms with E-state index in [9.17, 15) is 13.6 Å². The Kier molecular flexibility index (Phi) is 2.49. The average Bonchev–Trinajstić information content (AvgIpc) is 2.10. The van der Waals surface area contributed by atoms with Crippen LogP contribution in [0.4, 0.5) is 13.6 Å². The first-order valence-electron chi connectivity index (χ1n) is 3.93. The van der Waals surface area contributed by atoms with Crippen LogP contribution in [0.2, 0.25) is 0 Å². The molecule has 0 spiro atoms. The van der Waals surface area contributed by atoms with Gasteiger partial charge in [-0.25, -0.2) is 13.6 Å². The molecule has 0 atom stereocenters. The van der Waals surface area contributed by atoms with E-state index in [1.165, 1.54) is 4.90 Å². The Balaban J connectivity index is 2.50. The van der Waals surface area contributed by atoms with Crippen molar-refractivity contribution in [3.05, 3.63) is 0 Å². The van der Waals surface area contributed by atoms with Crippen molar-refractivity contribution >= 4 is 6.03 Å². The fraction of sp³-hybridized carbons (Fsp3) is 0.857. The quantitative estimate of drug-likeness (QED) is 0.595. The van der Waals surface area contributed by atoms with E-state index in [2.05, 4.69) is 0 Å². The van der Waals surface area contributed by atoms with Crippen molar-refractivity contribution in [2.75, 3.05) is 13.1 Å². The summed E-state index contributed by atoms with van der Waals surface area (Å²) in [6.07, 6.45) is -0.0807. The topological polar surface area (TPSA) is 46.3 Å². The summed E-state index contributed by atoms with van der Waals surface area (Å²) in [6.45, 7) is 0.424. The minimum atomic E-state index is -2.62. The fourth-order valence-electron chi connectivity index (χ4n) is 1.28. The summed E-state index contributed by atoms with van der Waals surface area (Å²) < 4.78 is 25.4. The maximum atomic E-state index is 12.7. The molecule has 0 bridgehead atoms. The lowest BCUT2D eigenvalue weighted by molar-refractivity contribution is -0.0121. The number of carbonyl (C=O) groups is 1. The van der Waals surface area contributed by atoms with Crippen molar-refractivity contribution in [3.8, 4) is 0 Å². The third-order valence-corrected chi connectivity index (χ3v) is 2.03. The minimum absolute atomic E-state index is 0.0718. The van der Waals surface area contributed by atoms with Crippen molar-refractivity contribution in [2.24, 2.45) is 5.73 Å². The van der Waals surface area contributed by atoms with Gasteiger partial charge in [0.05, 0.1) is 0 Å². The lowest BCUT2D eigenvalue weighted by atomic mass is 10.1. The number of nitrogens with two attached hydrogens (primary N) is 1. The Morgan fingerprint density at radius 3 is 2.58 bits per heavy atom. The maximum Gasteiger partial charge on any atom is 0.314 e. The first kappa shape index (κ1) is 9.22. The van der Waals surface area contributed by atoms with Gasteiger partial charge in [-0.15, -0.1) is 0 Å². The van der Waals surface area contributed by atoms with Gasteiger partial charge in [-0.3, -0.25) is 0 Å². The summed E-state index contributed by atoms with van der Waals surface area (Å²) in [4.78, 5) is 11.9. The number of urea groups is 1. The lowest BCUT2D eigenvalue weighted by Crippen LogP contribution is -2.36. The highest BCUT2D eigenvalue weighted by Crippen LogP contribution is 2.27. The van der Waals surface area contributed by atoms with Crippen LogP contribution in [0.3, 0.4) is 0 Å². The molecule has 1 rings (SSSR count). The number of amides is 2. The molecule has 5 heteroatoms. The fourth-order valence-corrected chi connectivity index (χ4v) is 1.28. The van der Waals surface area contributed by atoms with E-state index < -0.39 is 12.0 Å². The van der Waals surface area contributed by atoms with Gasteiger partial charge in [0.15, 0.2) is 0 Å². The number of rotatable bonds is 0. The van der Waals surface area contributed by atoms with Crippen LogP contribution in [-0.4, -0.2) is 29.9 Å². The Morgan fingerprint density at radius 1 is 1.33 bits per heavy atom. The molecule has 1 aliphatic heterocycles. The monoisotopic (exact) mass is 178 g/mol. The van der Waals surface area contributed by atoms with Crippen LogP contribution in [0.15, 0.2) is 0 Å². The number of carbonyl (C=O) groups excluding carboxylic acids is 1. The number of alkyl halides is 2. The molecule has 70 valence electrons. The molecule has 1 fully saturated rings. The molecule has 2 amide bonds. The highest BCUT2D eigenvalue weighted by molar-refractivity contribution is 5.71. The molecule has 1 aliphatic rings. The Bertz CT molecular complexity index is 184. The molecule has 1 saturated heterocycles. The van der Waals surface area contributed by atoms with E-state index in [1.54, 1.807) is 0 Å². The molecule has 0 radical (unpaired) electrons. The summed E-state index contributed by atoms with van der Waals surface area (Å²) >= 11 is 0. The Morgan fingerprint density at radius 2 is 2.00 bits per heavy atom. The molecular weight excluding hydrogens is 166 g/mol. The lowest BCUT2D eigenvalue weighted by Gasteiger charge is -2.17. The summed E-state index contributed by atoms with van der Waals surface area (Å²) in [5.41, 5.74) is 4.97. The largest absolute Gasteiger partial charge is 0.351 e. The van der Waals surface area contributed by atoms with E-state index in [4.69, 9.17) is 5.73 Å². The van der Waals surface area contributed by atoms with Gasteiger partial charge in [0, 0.05) is 25.9 Å². The maximum absolute atomic E-state index is 12.7. The third kappa shape index (κ3) is 2.32. The zero-order chi connectivity index (χ0) is 9.19. The minimum Gasteiger partial charge on any atom is -0.351 e. The van der Waals surface area contributed by atoms with Gasteiger partial charge in [0.25, 0.3) is 0 Å². The zero-order valence-corrected chi connectivity index (χ0v) is 6.72. The Labute approximate surface area is 69.5 Å². The van der Waals surface area contributed by atoms with Gasteiger partial charge in [0.2, 0.25) is 5.92 Å². The van der Waals surface area contributed by atoms with Crippen LogP contribution in [0.1, 0.15) is 19.3 Å². The van der Waals surface area contributed by atoms with E-state index in [0.29, 0.717) is 13.0 Å². The van der Waals surface area contributed by atoms with Crippen LogP contribution >= 0.6 is 0 Å². The van der Waals surface area contributed by atoms with Gasteiger partial charge in [-0.2, -0.15) is 0 Å². The third-order valence-electron chi connectivity index (χ3n) is 2.03. The number of hydrogen-bond acceptors (Lipinski definition) is 1. The first-order chi connectivity index (χ1) is 5.51. The normalized spacial score (nSPS) is 23.3. The second-order valence-electron chi connectivity index (χ2n) is 3.03. The van der Waals surface area contributed by atoms with Crippen LogP contribution in [-0.2, 0) is 0 Å². The van der Waals surface area contributed by atoms with E-state index in [-0.39, 0.29) is 19.4 Å². The number of nitrogens with zero attached hydrogens (tertiary/aromatic N) is 1. The van der Waals surface area contributed by atoms with Gasteiger partial charge < -0.3 is 10.6 Å². The highest BCUT2D eigenvalue weighted by Gasteiger charge is 2.32. The number of hydrogen-bond donors (Lipinski definition) is 1. The standard InChI is InChI=1S/C7H12F2N2O/c8-7(9)2-1-4-11(5-3-7)6(10)12/h1-5H2,(H2,10,12). The summed E-state index contributed by atoms with van der Waals surface area (Å²) in [5.74, 6) is -2.62. The molecule has 0 aromatic carbocycles. The number of halogens is 2. The van der Waals surface area contributed by atoms with E-state index >= 15 is 0 Å². The van der Waals surface area contributed by atoms with Gasteiger partial charge in [-0.05, 0) is 6.42 Å². The summed E-state index contributed by atoms with van der Waals surface area (Å²) in [6, 6.07) is -0.604. The molecule has 0 aliphatic carbocycles. The first-order valence-corrected chi connectivity index (χ1v) is 3.93. The van der Waals surface area contributed by atoms with E-state index in [1.807, 2.05) is 0 Å². The SMILES string of the molecule is NC(=O)N1CCCC(F)(F)CC1. The average molecular weight is 178 g/mol. The van der Waals surface area contributed by atoms with Crippen LogP contribution in [0.5, 0.6) is 0 Å². The molecule has 12 heavy (non-hydrogen) atoms. The predicted molar refractivity (Wildman–Crippen MR) is 40.0 cm³/mol. The number of primary amides is 1. The van der Waals surface area contributed by atoms with Crippen molar-refractivity contribution in [1.29, 1.82) is 0 Å². The summed E-state index contributed by atoms with van der Waals surface area (Å²) in [7, 11) is 0. The van der Waals surface area contributed by atoms with Crippen molar-refractivity contribution in [2.45, 2.75) is 25.2 Å². The van der Waals surface area contributed by atoms with Crippen LogP contribution < -0.4 is 5.73 Å². The molecule has 3 nitrogen and oxygen atoms in total. The molecule has 0 unspecified atom stereocenters. The van der Waals surface area contributed by atoms with Crippen LogP contribution in [0.25, 0.3) is 0 Å². The van der Waals surface area contributed by atoms with Crippen molar-refractivity contribution < 1.29 is 13.6 Å².